The number of pyridine rings is 1. The van der Waals surface area contributed by atoms with Crippen molar-refractivity contribution in [3.63, 3.8) is 0 Å². The molecule has 56 heavy (non-hydrogen) atoms. The van der Waals surface area contributed by atoms with Gasteiger partial charge in [0.1, 0.15) is 0 Å². The quantitative estimate of drug-likeness (QED) is 0.107. The predicted octanol–water partition coefficient (Wildman–Crippen LogP) is 7.17. The van der Waals surface area contributed by atoms with Crippen molar-refractivity contribution in [3.05, 3.63) is 249 Å². The summed E-state index contributed by atoms with van der Waals surface area (Å²) in [5.74, 6) is 0. The number of nitrogens with zero attached hydrogens (tertiary/aromatic N) is 1. The van der Waals surface area contributed by atoms with Crippen LogP contribution >= 0.6 is 0 Å². The van der Waals surface area contributed by atoms with Crippen LogP contribution in [0.15, 0.2) is 249 Å². The summed E-state index contributed by atoms with van der Waals surface area (Å²) >= 11 is 0. The molecule has 1 nitrogen and oxygen atoms in total. The Labute approximate surface area is 332 Å². The van der Waals surface area contributed by atoms with Gasteiger partial charge in [-0.15, -0.1) is 0 Å². The summed E-state index contributed by atoms with van der Waals surface area (Å²) < 4.78 is 0. The first-order chi connectivity index (χ1) is 27.8. The molecule has 0 bridgehead atoms. The molecule has 0 aliphatic rings. The number of hydrogen-bond acceptors (Lipinski definition) is 1. The highest BCUT2D eigenvalue weighted by Gasteiger charge is 2.42. The molecule has 8 aromatic carbocycles. The van der Waals surface area contributed by atoms with Gasteiger partial charge in [0.25, 0.3) is 0 Å². The molecule has 0 unspecified atom stereocenters. The summed E-state index contributed by atoms with van der Waals surface area (Å²) in [4.78, 5) is 5.27. The lowest BCUT2D eigenvalue weighted by Gasteiger charge is -2.34. The van der Waals surface area contributed by atoms with Crippen molar-refractivity contribution in [3.8, 4) is 22.5 Å². The Kier molecular flexibility index (Phi) is 9.77. The van der Waals surface area contributed by atoms with Crippen molar-refractivity contribution in [2.45, 2.75) is 0 Å². The van der Waals surface area contributed by atoms with Crippen molar-refractivity contribution < 1.29 is 0 Å². The minimum Gasteiger partial charge on any atom is -0.248 e. The summed E-state index contributed by atoms with van der Waals surface area (Å²) in [6.45, 7) is 0. The minimum atomic E-state index is -2.60. The molecule has 0 N–H and O–H groups in total. The van der Waals surface area contributed by atoms with Crippen molar-refractivity contribution in [2.75, 3.05) is 0 Å². The van der Waals surface area contributed by atoms with E-state index in [0.717, 1.165) is 22.5 Å². The highest BCUT2D eigenvalue weighted by Crippen LogP contribution is 2.23. The van der Waals surface area contributed by atoms with Gasteiger partial charge in [-0.1, -0.05) is 237 Å². The molecule has 9 rings (SSSR count). The third kappa shape index (κ3) is 6.27. The molecule has 9 aromatic rings. The molecule has 0 radical (unpaired) electrons. The topological polar surface area (TPSA) is 12.9 Å². The summed E-state index contributed by atoms with van der Waals surface area (Å²) in [5, 5.41) is 10.9. The maximum absolute atomic E-state index is 5.27. The predicted molar refractivity (Wildman–Crippen MR) is 242 cm³/mol. The van der Waals surface area contributed by atoms with E-state index in [1.54, 1.807) is 0 Å². The molecule has 0 saturated heterocycles. The number of hydrogen-bond donors (Lipinski definition) is 0. The van der Waals surface area contributed by atoms with Crippen LogP contribution < -0.4 is 41.5 Å². The molecule has 266 valence electrons. The van der Waals surface area contributed by atoms with Crippen LogP contribution in [-0.4, -0.2) is 21.1 Å². The van der Waals surface area contributed by atoms with Crippen molar-refractivity contribution in [1.82, 2.24) is 4.98 Å². The molecule has 0 aliphatic carbocycles. The Morgan fingerprint density at radius 2 is 0.411 bits per heavy atom. The van der Waals surface area contributed by atoms with E-state index in [1.165, 1.54) is 41.5 Å². The number of aromatic nitrogens is 1. The van der Waals surface area contributed by atoms with Gasteiger partial charge >= 0.3 is 0 Å². The summed E-state index contributed by atoms with van der Waals surface area (Å²) in [7, 11) is -5.20. The second kappa shape index (κ2) is 15.6. The van der Waals surface area contributed by atoms with Gasteiger partial charge in [0.15, 0.2) is 16.1 Å². The van der Waals surface area contributed by atoms with Gasteiger partial charge in [-0.3, -0.25) is 0 Å². The van der Waals surface area contributed by atoms with E-state index in [-0.39, 0.29) is 0 Å². The second-order valence-corrected chi connectivity index (χ2v) is 21.9. The minimum absolute atomic E-state index is 0.964. The average Bonchev–Trinajstić information content (AvgIpc) is 3.30. The van der Waals surface area contributed by atoms with Crippen LogP contribution in [0.25, 0.3) is 22.5 Å². The molecule has 0 aliphatic heterocycles. The van der Waals surface area contributed by atoms with Crippen molar-refractivity contribution in [2.24, 2.45) is 0 Å². The maximum Gasteiger partial charge on any atom is 0.179 e. The van der Waals surface area contributed by atoms with E-state index in [1.807, 2.05) is 0 Å². The first-order valence-electron chi connectivity index (χ1n) is 19.3. The number of rotatable bonds is 10. The lowest BCUT2D eigenvalue weighted by molar-refractivity contribution is 1.32. The second-order valence-electron chi connectivity index (χ2n) is 14.3. The normalized spacial score (nSPS) is 11.6. The third-order valence-corrected chi connectivity index (χ3v) is 20.8. The lowest BCUT2D eigenvalue weighted by Crippen LogP contribution is -2.74. The van der Waals surface area contributed by atoms with Gasteiger partial charge in [0.2, 0.25) is 0 Å². The van der Waals surface area contributed by atoms with E-state index in [9.17, 15) is 0 Å². The van der Waals surface area contributed by atoms with E-state index in [2.05, 4.69) is 249 Å². The molecule has 0 amide bonds. The van der Waals surface area contributed by atoms with Crippen LogP contribution in [0.3, 0.4) is 0 Å². The Balaban J connectivity index is 1.11. The van der Waals surface area contributed by atoms with E-state index >= 15 is 0 Å². The van der Waals surface area contributed by atoms with Crippen LogP contribution in [0.5, 0.6) is 0 Å². The first-order valence-corrected chi connectivity index (χ1v) is 23.3. The van der Waals surface area contributed by atoms with Crippen LogP contribution in [0.1, 0.15) is 0 Å². The largest absolute Gasteiger partial charge is 0.248 e. The van der Waals surface area contributed by atoms with E-state index < -0.39 is 16.1 Å². The highest BCUT2D eigenvalue weighted by molar-refractivity contribution is 7.20. The Morgan fingerprint density at radius 3 is 0.643 bits per heavy atom. The van der Waals surface area contributed by atoms with Crippen molar-refractivity contribution in [1.29, 1.82) is 0 Å². The Morgan fingerprint density at radius 1 is 0.196 bits per heavy atom. The molecule has 0 spiro atoms. The SMILES string of the molecule is c1ccc([Si](c2ccccc2)(c2ccccc2)c2ccc(-c3cccc(-c4ccc([Si](c5ccccc5)(c5ccccc5)c5ccccc5)cc4)n3)cc2)cc1. The number of benzene rings is 8. The van der Waals surface area contributed by atoms with Gasteiger partial charge in [0, 0.05) is 11.1 Å². The fourth-order valence-electron chi connectivity index (χ4n) is 8.67. The fourth-order valence-corrected chi connectivity index (χ4v) is 18.2. The molecular formula is C53H41NSi2. The molecule has 3 heteroatoms. The monoisotopic (exact) mass is 747 g/mol. The van der Waals surface area contributed by atoms with E-state index in [4.69, 9.17) is 4.98 Å². The molecule has 1 aromatic heterocycles. The Hall–Kier alpha value is -6.66. The van der Waals surface area contributed by atoms with Crippen molar-refractivity contribution >= 4 is 57.6 Å². The van der Waals surface area contributed by atoms with Crippen LogP contribution in [0, 0.1) is 0 Å². The van der Waals surface area contributed by atoms with E-state index in [0.29, 0.717) is 0 Å². The van der Waals surface area contributed by atoms with Gasteiger partial charge in [-0.05, 0) is 53.6 Å². The van der Waals surface area contributed by atoms with Crippen LogP contribution in [-0.2, 0) is 0 Å². The fraction of sp³-hybridized carbons (Fsp3) is 0. The smallest absolute Gasteiger partial charge is 0.179 e. The van der Waals surface area contributed by atoms with Gasteiger partial charge in [-0.25, -0.2) is 4.98 Å². The van der Waals surface area contributed by atoms with Crippen LogP contribution in [0.4, 0.5) is 0 Å². The molecule has 0 fully saturated rings. The zero-order chi connectivity index (χ0) is 37.6. The van der Waals surface area contributed by atoms with Gasteiger partial charge in [-0.2, -0.15) is 0 Å². The highest BCUT2D eigenvalue weighted by atomic mass is 28.3. The standard InChI is InChI=1S/C53H41NSi2/c1-7-20-44(21-8-1)55(45-22-9-2-10-23-45,46-24-11-3-12-25-46)50-38-34-42(35-39-50)52-32-19-33-53(54-52)43-36-40-51(41-37-43)56(47-26-13-4-14-27-47,48-28-15-5-16-29-48)49-30-17-6-18-31-49/h1-41H. The molecular weight excluding hydrogens is 707 g/mol. The molecule has 0 saturated carbocycles. The third-order valence-electron chi connectivity index (χ3n) is 11.2. The molecule has 0 atom stereocenters. The van der Waals surface area contributed by atoms with Gasteiger partial charge < -0.3 is 0 Å². The lowest BCUT2D eigenvalue weighted by atomic mass is 10.1. The Bertz CT molecular complexity index is 2250. The summed E-state index contributed by atoms with van der Waals surface area (Å²) in [5.41, 5.74) is 4.14. The zero-order valence-electron chi connectivity index (χ0n) is 31.1. The maximum atomic E-state index is 5.27. The van der Waals surface area contributed by atoms with Crippen LogP contribution in [0.2, 0.25) is 0 Å². The van der Waals surface area contributed by atoms with Gasteiger partial charge in [0.05, 0.1) is 11.4 Å². The summed E-state index contributed by atoms with van der Waals surface area (Å²) in [6, 6.07) is 91.3. The zero-order valence-corrected chi connectivity index (χ0v) is 33.1. The first kappa shape index (κ1) is 35.1. The summed E-state index contributed by atoms with van der Waals surface area (Å²) in [6.07, 6.45) is 0. The average molecular weight is 748 g/mol. The molecule has 1 heterocycles.